The van der Waals surface area contributed by atoms with E-state index in [1.165, 1.54) is 0 Å². The Morgan fingerprint density at radius 1 is 1.43 bits per heavy atom. The van der Waals surface area contributed by atoms with E-state index in [1.54, 1.807) is 6.07 Å². The monoisotopic (exact) mass is 311 g/mol. The summed E-state index contributed by atoms with van der Waals surface area (Å²) in [6.07, 6.45) is 1.15. The summed E-state index contributed by atoms with van der Waals surface area (Å²) < 4.78 is 32.7. The first kappa shape index (κ1) is 14.8. The molecule has 0 saturated heterocycles. The number of ether oxygens (including phenoxy) is 1. The molecule has 1 aromatic carbocycles. The number of nitriles is 1. The summed E-state index contributed by atoms with van der Waals surface area (Å²) >= 11 is 5.61. The van der Waals surface area contributed by atoms with Crippen LogP contribution in [-0.4, -0.2) is 17.6 Å². The van der Waals surface area contributed by atoms with E-state index in [-0.39, 0.29) is 27.7 Å². The fourth-order valence-corrected chi connectivity index (χ4v) is 1.96. The van der Waals surface area contributed by atoms with Crippen molar-refractivity contribution < 1.29 is 18.3 Å². The van der Waals surface area contributed by atoms with Crippen LogP contribution >= 0.6 is 11.6 Å². The van der Waals surface area contributed by atoms with E-state index in [9.17, 15) is 13.6 Å². The molecule has 1 heterocycles. The summed E-state index contributed by atoms with van der Waals surface area (Å²) in [5, 5.41) is 8.61. The quantitative estimate of drug-likeness (QED) is 0.683. The molecule has 0 aliphatic carbocycles. The van der Waals surface area contributed by atoms with Crippen LogP contribution in [0, 0.1) is 23.0 Å². The molecule has 0 radical (unpaired) electrons. The Kier molecular flexibility index (Phi) is 3.82. The number of benzene rings is 1. The van der Waals surface area contributed by atoms with Crippen LogP contribution in [0.15, 0.2) is 18.3 Å². The number of nitrogen functional groups attached to an aromatic ring is 1. The Morgan fingerprint density at radius 2 is 2.10 bits per heavy atom. The molecule has 0 aliphatic rings. The number of rotatable bonds is 2. The minimum absolute atomic E-state index is 0.0461. The maximum Gasteiger partial charge on any atom is 0.357 e. The number of carbonyl (C=O) groups excluding carboxylic acids is 1. The summed E-state index contributed by atoms with van der Waals surface area (Å²) in [6.45, 7) is 0. The van der Waals surface area contributed by atoms with Gasteiger partial charge in [-0.2, -0.15) is 5.26 Å². The molecule has 0 fully saturated rings. The minimum atomic E-state index is -0.971. The Balaban J connectivity index is 2.78. The smallest absolute Gasteiger partial charge is 0.357 e. The van der Waals surface area contributed by atoms with Gasteiger partial charge in [0.05, 0.1) is 29.1 Å². The Hall–Kier alpha value is -2.59. The van der Waals surface area contributed by atoms with Gasteiger partial charge in [0.15, 0.2) is 5.69 Å². The lowest BCUT2D eigenvalue weighted by Crippen LogP contribution is -2.12. The summed E-state index contributed by atoms with van der Waals surface area (Å²) in [7, 11) is 1.11. The standard InChI is InChI=1S/C13H8ClF2N3O2/c1-21-13(20)12-11(18)6(4-17)5-19(12)10-2-7(14)8(15)3-9(10)16/h2-3,5H,18H2,1H3. The van der Waals surface area contributed by atoms with E-state index in [4.69, 9.17) is 22.6 Å². The summed E-state index contributed by atoms with van der Waals surface area (Å²) in [5.74, 6) is -2.78. The maximum atomic E-state index is 13.9. The molecule has 21 heavy (non-hydrogen) atoms. The fraction of sp³-hybridized carbons (Fsp3) is 0.0769. The summed E-state index contributed by atoms with van der Waals surface area (Å²) in [6, 6.07) is 3.32. The molecule has 8 heteroatoms. The van der Waals surface area contributed by atoms with Crippen LogP contribution < -0.4 is 5.73 Å². The zero-order chi connectivity index (χ0) is 15.7. The molecule has 0 aliphatic heterocycles. The molecule has 0 atom stereocenters. The van der Waals surface area contributed by atoms with Crippen molar-refractivity contribution in [1.29, 1.82) is 5.26 Å². The predicted octanol–water partition coefficient (Wildman–Crippen LogP) is 2.65. The average Bonchev–Trinajstić information content (AvgIpc) is 2.78. The van der Waals surface area contributed by atoms with Gasteiger partial charge < -0.3 is 15.0 Å². The summed E-state index contributed by atoms with van der Waals surface area (Å²) in [4.78, 5) is 11.8. The van der Waals surface area contributed by atoms with E-state index < -0.39 is 17.6 Å². The second-order valence-electron chi connectivity index (χ2n) is 4.00. The van der Waals surface area contributed by atoms with Gasteiger partial charge in [-0.15, -0.1) is 0 Å². The zero-order valence-corrected chi connectivity index (χ0v) is 11.4. The van der Waals surface area contributed by atoms with Gasteiger partial charge >= 0.3 is 5.97 Å². The van der Waals surface area contributed by atoms with Crippen molar-refractivity contribution in [1.82, 2.24) is 4.57 Å². The van der Waals surface area contributed by atoms with Crippen LogP contribution in [-0.2, 0) is 4.74 Å². The minimum Gasteiger partial charge on any atom is -0.464 e. The Bertz CT molecular complexity index is 781. The van der Waals surface area contributed by atoms with Gasteiger partial charge in [-0.05, 0) is 6.07 Å². The van der Waals surface area contributed by atoms with Gasteiger partial charge in [0.1, 0.15) is 17.7 Å². The molecule has 0 bridgehead atoms. The van der Waals surface area contributed by atoms with Crippen LogP contribution in [0.5, 0.6) is 0 Å². The lowest BCUT2D eigenvalue weighted by molar-refractivity contribution is 0.0593. The molecule has 5 nitrogen and oxygen atoms in total. The lowest BCUT2D eigenvalue weighted by atomic mass is 10.2. The molecule has 2 aromatic rings. The van der Waals surface area contributed by atoms with Crippen LogP contribution in [0.2, 0.25) is 5.02 Å². The molecule has 2 rings (SSSR count). The van der Waals surface area contributed by atoms with Gasteiger partial charge in [0, 0.05) is 12.3 Å². The first-order chi connectivity index (χ1) is 9.90. The molecule has 2 N–H and O–H groups in total. The second kappa shape index (κ2) is 5.42. The number of nitrogens with two attached hydrogens (primary N) is 1. The highest BCUT2D eigenvalue weighted by molar-refractivity contribution is 6.30. The third-order valence-electron chi connectivity index (χ3n) is 2.79. The number of hydrogen-bond acceptors (Lipinski definition) is 4. The normalized spacial score (nSPS) is 10.2. The SMILES string of the molecule is COC(=O)c1c(N)c(C#N)cn1-c1cc(Cl)c(F)cc1F. The Morgan fingerprint density at radius 3 is 2.67 bits per heavy atom. The highest BCUT2D eigenvalue weighted by Gasteiger charge is 2.23. The molecule has 0 amide bonds. The zero-order valence-electron chi connectivity index (χ0n) is 10.7. The lowest BCUT2D eigenvalue weighted by Gasteiger charge is -2.10. The topological polar surface area (TPSA) is 81.0 Å². The van der Waals surface area contributed by atoms with Gasteiger partial charge in [-0.3, -0.25) is 0 Å². The molecule has 1 aromatic heterocycles. The molecule has 0 saturated carbocycles. The molecular formula is C13H8ClF2N3O2. The van der Waals surface area contributed by atoms with E-state index >= 15 is 0 Å². The van der Waals surface area contributed by atoms with Crippen molar-refractivity contribution in [3.05, 3.63) is 46.2 Å². The number of methoxy groups -OCH3 is 1. The van der Waals surface area contributed by atoms with Crippen molar-refractivity contribution in [2.45, 2.75) is 0 Å². The third kappa shape index (κ3) is 2.41. The number of nitrogens with zero attached hydrogens (tertiary/aromatic N) is 2. The van der Waals surface area contributed by atoms with Crippen LogP contribution in [0.1, 0.15) is 16.1 Å². The summed E-state index contributed by atoms with van der Waals surface area (Å²) in [5.41, 5.74) is 5.00. The van der Waals surface area contributed by atoms with E-state index in [0.29, 0.717) is 6.07 Å². The number of hydrogen-bond donors (Lipinski definition) is 1. The van der Waals surface area contributed by atoms with E-state index in [0.717, 1.165) is 23.9 Å². The van der Waals surface area contributed by atoms with E-state index in [2.05, 4.69) is 4.74 Å². The number of carbonyl (C=O) groups is 1. The van der Waals surface area contributed by atoms with Crippen LogP contribution in [0.3, 0.4) is 0 Å². The molecule has 108 valence electrons. The maximum absolute atomic E-state index is 13.9. The number of esters is 1. The first-order valence-corrected chi connectivity index (χ1v) is 5.92. The van der Waals surface area contributed by atoms with Gasteiger partial charge in [0.2, 0.25) is 0 Å². The average molecular weight is 312 g/mol. The van der Waals surface area contributed by atoms with E-state index in [1.807, 2.05) is 0 Å². The fourth-order valence-electron chi connectivity index (χ4n) is 1.80. The molecule has 0 spiro atoms. The van der Waals surface area contributed by atoms with Gasteiger partial charge in [-0.25, -0.2) is 13.6 Å². The van der Waals surface area contributed by atoms with Gasteiger partial charge in [-0.1, -0.05) is 11.6 Å². The second-order valence-corrected chi connectivity index (χ2v) is 4.40. The number of halogens is 3. The first-order valence-electron chi connectivity index (χ1n) is 5.54. The van der Waals surface area contributed by atoms with Crippen LogP contribution in [0.25, 0.3) is 5.69 Å². The highest BCUT2D eigenvalue weighted by atomic mass is 35.5. The number of aromatic nitrogens is 1. The van der Waals surface area contributed by atoms with Crippen molar-refractivity contribution in [3.63, 3.8) is 0 Å². The van der Waals surface area contributed by atoms with Gasteiger partial charge in [0.25, 0.3) is 0 Å². The van der Waals surface area contributed by atoms with Crippen molar-refractivity contribution >= 4 is 23.3 Å². The molecular weight excluding hydrogens is 304 g/mol. The van der Waals surface area contributed by atoms with Crippen molar-refractivity contribution in [2.75, 3.05) is 12.8 Å². The van der Waals surface area contributed by atoms with Crippen LogP contribution in [0.4, 0.5) is 14.5 Å². The largest absolute Gasteiger partial charge is 0.464 e. The predicted molar refractivity (Wildman–Crippen MR) is 71.2 cm³/mol. The molecule has 0 unspecified atom stereocenters. The highest BCUT2D eigenvalue weighted by Crippen LogP contribution is 2.28. The third-order valence-corrected chi connectivity index (χ3v) is 3.08. The number of anilines is 1. The van der Waals surface area contributed by atoms with Crippen molar-refractivity contribution in [2.24, 2.45) is 0 Å². The Labute approximate surface area is 123 Å². The van der Waals surface area contributed by atoms with Crippen molar-refractivity contribution in [3.8, 4) is 11.8 Å².